The van der Waals surface area contributed by atoms with Crippen molar-refractivity contribution in [1.29, 1.82) is 0 Å². The molecule has 3 aliphatic rings. The summed E-state index contributed by atoms with van der Waals surface area (Å²) in [4.78, 5) is 0. The average molecular weight is 337 g/mol. The van der Waals surface area contributed by atoms with Crippen LogP contribution in [-0.4, -0.2) is 19.0 Å². The maximum absolute atomic E-state index is 6.75. The Balaban J connectivity index is 1.79. The van der Waals surface area contributed by atoms with Crippen LogP contribution in [0.2, 0.25) is 0 Å². The Bertz CT molecular complexity index is 380. The topological polar surface area (TPSA) is 18.5 Å². The summed E-state index contributed by atoms with van der Waals surface area (Å²) < 4.78 is 13.5. The van der Waals surface area contributed by atoms with E-state index >= 15 is 0 Å². The summed E-state index contributed by atoms with van der Waals surface area (Å²) in [5.41, 5.74) is 0.263. The van der Waals surface area contributed by atoms with Gasteiger partial charge < -0.3 is 9.47 Å². The molecule has 0 N–H and O–H groups in total. The van der Waals surface area contributed by atoms with E-state index in [1.165, 1.54) is 32.1 Å². The van der Waals surface area contributed by atoms with Crippen molar-refractivity contribution >= 4 is 0 Å². The molecule has 3 rings (SSSR count). The smallest absolute Gasteiger partial charge is 0.171 e. The first-order valence-corrected chi connectivity index (χ1v) is 10.6. The van der Waals surface area contributed by atoms with Crippen LogP contribution in [0.1, 0.15) is 80.1 Å². The zero-order chi connectivity index (χ0) is 17.5. The van der Waals surface area contributed by atoms with Gasteiger partial charge in [0.05, 0.1) is 13.2 Å². The van der Waals surface area contributed by atoms with Gasteiger partial charge in [0.1, 0.15) is 0 Å². The Morgan fingerprint density at radius 3 is 1.75 bits per heavy atom. The SMILES string of the molecule is CC(C)[C@@H]1CC[C@@H](C)CC12COC1(C[C@H](C)CC[C@H]1C(C)C)OC2. The molecule has 2 aliphatic carbocycles. The van der Waals surface area contributed by atoms with E-state index in [4.69, 9.17) is 9.47 Å². The van der Waals surface area contributed by atoms with Crippen molar-refractivity contribution in [2.24, 2.45) is 40.9 Å². The second kappa shape index (κ2) is 6.91. The van der Waals surface area contributed by atoms with Gasteiger partial charge in [-0.3, -0.25) is 0 Å². The summed E-state index contributed by atoms with van der Waals surface area (Å²) in [6, 6.07) is 0. The summed E-state index contributed by atoms with van der Waals surface area (Å²) in [5.74, 6) is 3.92. The Kier molecular flexibility index (Phi) is 5.39. The fraction of sp³-hybridized carbons (Fsp3) is 1.00. The van der Waals surface area contributed by atoms with E-state index in [2.05, 4.69) is 41.5 Å². The Hall–Kier alpha value is -0.0800. The van der Waals surface area contributed by atoms with Gasteiger partial charge in [0.15, 0.2) is 5.79 Å². The first kappa shape index (κ1) is 18.7. The predicted octanol–water partition coefficient (Wildman–Crippen LogP) is 5.90. The lowest BCUT2D eigenvalue weighted by molar-refractivity contribution is -0.358. The average Bonchev–Trinajstić information content (AvgIpc) is 2.50. The second-order valence-corrected chi connectivity index (χ2v) is 10.2. The molecule has 3 fully saturated rings. The van der Waals surface area contributed by atoms with Crippen LogP contribution in [0.4, 0.5) is 0 Å². The quantitative estimate of drug-likeness (QED) is 0.625. The highest BCUT2D eigenvalue weighted by Gasteiger charge is 2.55. The molecule has 0 aromatic carbocycles. The van der Waals surface area contributed by atoms with Crippen LogP contribution in [0.15, 0.2) is 0 Å². The van der Waals surface area contributed by atoms with Gasteiger partial charge in [0.25, 0.3) is 0 Å². The summed E-state index contributed by atoms with van der Waals surface area (Å²) in [6.07, 6.45) is 7.69. The molecule has 0 unspecified atom stereocenters. The third-order valence-corrected chi connectivity index (χ3v) is 7.50. The molecule has 0 radical (unpaired) electrons. The second-order valence-electron chi connectivity index (χ2n) is 10.2. The van der Waals surface area contributed by atoms with Gasteiger partial charge in [-0.1, -0.05) is 54.4 Å². The van der Waals surface area contributed by atoms with Gasteiger partial charge in [-0.15, -0.1) is 0 Å². The summed E-state index contributed by atoms with van der Waals surface area (Å²) >= 11 is 0. The van der Waals surface area contributed by atoms with Gasteiger partial charge in [0, 0.05) is 17.8 Å². The molecule has 4 atom stereocenters. The maximum Gasteiger partial charge on any atom is 0.171 e. The Morgan fingerprint density at radius 2 is 1.21 bits per heavy atom. The molecule has 1 aliphatic heterocycles. The van der Waals surface area contributed by atoms with Crippen molar-refractivity contribution in [2.75, 3.05) is 13.2 Å². The lowest BCUT2D eigenvalue weighted by atomic mass is 9.60. The lowest BCUT2D eigenvalue weighted by Gasteiger charge is -2.57. The van der Waals surface area contributed by atoms with E-state index in [-0.39, 0.29) is 11.2 Å². The van der Waals surface area contributed by atoms with Crippen LogP contribution in [-0.2, 0) is 9.47 Å². The molecule has 2 heteroatoms. The van der Waals surface area contributed by atoms with Crippen LogP contribution < -0.4 is 0 Å². The number of hydrogen-bond donors (Lipinski definition) is 0. The molecule has 0 amide bonds. The monoisotopic (exact) mass is 336 g/mol. The van der Waals surface area contributed by atoms with Crippen molar-refractivity contribution in [3.05, 3.63) is 0 Å². The molecule has 2 spiro atoms. The Morgan fingerprint density at radius 1 is 0.708 bits per heavy atom. The zero-order valence-corrected chi connectivity index (χ0v) is 16.9. The zero-order valence-electron chi connectivity index (χ0n) is 16.9. The summed E-state index contributed by atoms with van der Waals surface area (Å²) in [7, 11) is 0. The van der Waals surface area contributed by atoms with Gasteiger partial charge in [0.2, 0.25) is 0 Å². The largest absolute Gasteiger partial charge is 0.349 e. The molecule has 24 heavy (non-hydrogen) atoms. The molecular formula is C22H40O2. The number of rotatable bonds is 2. The molecule has 0 aromatic rings. The molecule has 2 nitrogen and oxygen atoms in total. The van der Waals surface area contributed by atoms with E-state index in [1.807, 2.05) is 0 Å². The first-order chi connectivity index (χ1) is 11.3. The van der Waals surface area contributed by atoms with E-state index in [9.17, 15) is 0 Å². The van der Waals surface area contributed by atoms with Crippen LogP contribution in [0.5, 0.6) is 0 Å². The van der Waals surface area contributed by atoms with Crippen molar-refractivity contribution < 1.29 is 9.47 Å². The number of hydrogen-bond acceptors (Lipinski definition) is 2. The molecular weight excluding hydrogens is 296 g/mol. The highest BCUT2D eigenvalue weighted by Crippen LogP contribution is 2.54. The van der Waals surface area contributed by atoms with E-state index < -0.39 is 0 Å². The summed E-state index contributed by atoms with van der Waals surface area (Å²) in [5, 5.41) is 0. The third-order valence-electron chi connectivity index (χ3n) is 7.50. The van der Waals surface area contributed by atoms with Crippen LogP contribution in [0, 0.1) is 40.9 Å². The highest BCUT2D eigenvalue weighted by atomic mass is 16.7. The van der Waals surface area contributed by atoms with Crippen molar-refractivity contribution in [2.45, 2.75) is 85.9 Å². The van der Waals surface area contributed by atoms with Crippen LogP contribution in [0.25, 0.3) is 0 Å². The summed E-state index contributed by atoms with van der Waals surface area (Å²) in [6.45, 7) is 16.1. The lowest BCUT2D eigenvalue weighted by Crippen LogP contribution is -2.60. The van der Waals surface area contributed by atoms with Gasteiger partial charge in [-0.2, -0.15) is 0 Å². The number of ether oxygens (including phenoxy) is 2. The van der Waals surface area contributed by atoms with Gasteiger partial charge >= 0.3 is 0 Å². The molecule has 0 bridgehead atoms. The minimum absolute atomic E-state index is 0.263. The van der Waals surface area contributed by atoms with Crippen molar-refractivity contribution in [1.82, 2.24) is 0 Å². The van der Waals surface area contributed by atoms with Crippen molar-refractivity contribution in [3.63, 3.8) is 0 Å². The molecule has 140 valence electrons. The van der Waals surface area contributed by atoms with Crippen molar-refractivity contribution in [3.8, 4) is 0 Å². The fourth-order valence-corrected chi connectivity index (χ4v) is 6.30. The van der Waals surface area contributed by atoms with Gasteiger partial charge in [-0.05, 0) is 48.9 Å². The Labute approximate surface area is 150 Å². The molecule has 0 aromatic heterocycles. The minimum atomic E-state index is -0.292. The molecule has 2 saturated carbocycles. The predicted molar refractivity (Wildman–Crippen MR) is 99.8 cm³/mol. The normalized spacial score (nSPS) is 47.0. The standard InChI is InChI=1S/C22H40O2/c1-15(2)19-9-7-17(5)11-21(19)13-23-22(24-14-21)12-18(6)8-10-20(22)16(3)4/h15-20H,7-14H2,1-6H3/t17-,18-,19+,20+,21?,22?/m1/s1. The van der Waals surface area contributed by atoms with Gasteiger partial charge in [-0.25, -0.2) is 0 Å². The van der Waals surface area contributed by atoms with E-state index in [0.29, 0.717) is 11.8 Å². The highest BCUT2D eigenvalue weighted by molar-refractivity contribution is 4.99. The first-order valence-electron chi connectivity index (χ1n) is 10.6. The molecule has 1 heterocycles. The van der Waals surface area contributed by atoms with Crippen LogP contribution in [0.3, 0.4) is 0 Å². The third kappa shape index (κ3) is 3.30. The minimum Gasteiger partial charge on any atom is -0.349 e. The molecule has 1 saturated heterocycles. The van der Waals surface area contributed by atoms with Crippen LogP contribution >= 0.6 is 0 Å². The van der Waals surface area contributed by atoms with E-state index in [0.717, 1.165) is 43.3 Å². The fourth-order valence-electron chi connectivity index (χ4n) is 6.30. The maximum atomic E-state index is 6.75. The van der Waals surface area contributed by atoms with E-state index in [1.54, 1.807) is 0 Å².